The summed E-state index contributed by atoms with van der Waals surface area (Å²) in [5.41, 5.74) is 4.29. The summed E-state index contributed by atoms with van der Waals surface area (Å²) in [7, 11) is 0. The topological polar surface area (TPSA) is 47.3 Å². The fourth-order valence-corrected chi connectivity index (χ4v) is 3.61. The maximum absolute atomic E-state index is 5.86. The molecule has 1 saturated carbocycles. The third-order valence-corrected chi connectivity index (χ3v) is 4.94. The highest BCUT2D eigenvalue weighted by molar-refractivity contribution is 5.31. The minimum atomic E-state index is 0.235. The lowest BCUT2D eigenvalue weighted by atomic mass is 9.73. The second-order valence-corrected chi connectivity index (χ2v) is 6.57. The van der Waals surface area contributed by atoms with Gasteiger partial charge in [0, 0.05) is 6.04 Å². The lowest BCUT2D eigenvalue weighted by molar-refractivity contribution is 0.189. The zero-order valence-corrected chi connectivity index (χ0v) is 13.6. The Morgan fingerprint density at radius 2 is 1.86 bits per heavy atom. The van der Waals surface area contributed by atoms with Crippen LogP contribution in [-0.2, 0) is 0 Å². The molecule has 0 aliphatic heterocycles. The highest BCUT2D eigenvalue weighted by atomic mass is 16.5. The number of hydrogen-bond donors (Lipinski definition) is 2. The van der Waals surface area contributed by atoms with Gasteiger partial charge < -0.3 is 4.74 Å². The zero-order valence-electron chi connectivity index (χ0n) is 13.6. The molecule has 1 atom stereocenters. The molecule has 0 aromatic heterocycles. The number of hydrogen-bond acceptors (Lipinski definition) is 3. The maximum atomic E-state index is 5.86. The first-order valence-electron chi connectivity index (χ1n) is 8.34. The summed E-state index contributed by atoms with van der Waals surface area (Å²) in [6, 6.07) is 8.59. The first-order chi connectivity index (χ1) is 10.2. The van der Waals surface area contributed by atoms with Gasteiger partial charge in [-0.3, -0.25) is 11.3 Å². The van der Waals surface area contributed by atoms with Crippen molar-refractivity contribution in [2.24, 2.45) is 23.6 Å². The molecular weight excluding hydrogens is 260 g/mol. The van der Waals surface area contributed by atoms with E-state index < -0.39 is 0 Å². The van der Waals surface area contributed by atoms with E-state index in [1.807, 2.05) is 13.0 Å². The first kappa shape index (κ1) is 16.3. The third kappa shape index (κ3) is 4.21. The number of nitrogens with one attached hydrogen (secondary N) is 1. The van der Waals surface area contributed by atoms with Crippen LogP contribution in [0.3, 0.4) is 0 Å². The van der Waals surface area contributed by atoms with Crippen LogP contribution >= 0.6 is 0 Å². The van der Waals surface area contributed by atoms with Crippen molar-refractivity contribution in [1.29, 1.82) is 0 Å². The highest BCUT2D eigenvalue weighted by Crippen LogP contribution is 2.39. The van der Waals surface area contributed by atoms with Gasteiger partial charge in [-0.15, -0.1) is 0 Å². The van der Waals surface area contributed by atoms with Gasteiger partial charge in [-0.1, -0.05) is 26.0 Å². The highest BCUT2D eigenvalue weighted by Gasteiger charge is 2.29. The van der Waals surface area contributed by atoms with Crippen molar-refractivity contribution in [3.8, 4) is 5.75 Å². The second-order valence-electron chi connectivity index (χ2n) is 6.57. The van der Waals surface area contributed by atoms with Gasteiger partial charge in [-0.05, 0) is 68.1 Å². The number of nitrogens with two attached hydrogens (primary N) is 1. The average Bonchev–Trinajstić information content (AvgIpc) is 2.49. The minimum absolute atomic E-state index is 0.235. The Morgan fingerprint density at radius 1 is 1.19 bits per heavy atom. The first-order valence-corrected chi connectivity index (χ1v) is 8.34. The van der Waals surface area contributed by atoms with Gasteiger partial charge in [0.05, 0.1) is 6.61 Å². The maximum Gasteiger partial charge on any atom is 0.119 e. The molecule has 118 valence electrons. The molecule has 1 aliphatic carbocycles. The van der Waals surface area contributed by atoms with E-state index in [-0.39, 0.29) is 6.04 Å². The smallest absolute Gasteiger partial charge is 0.119 e. The lowest BCUT2D eigenvalue weighted by Crippen LogP contribution is -2.35. The van der Waals surface area contributed by atoms with Crippen molar-refractivity contribution in [1.82, 2.24) is 5.43 Å². The number of rotatable bonds is 6. The van der Waals surface area contributed by atoms with Crippen LogP contribution in [0.1, 0.15) is 58.1 Å². The molecule has 0 bridgehead atoms. The Labute approximate surface area is 129 Å². The van der Waals surface area contributed by atoms with Crippen molar-refractivity contribution in [2.75, 3.05) is 6.61 Å². The quantitative estimate of drug-likeness (QED) is 0.613. The van der Waals surface area contributed by atoms with E-state index in [1.165, 1.54) is 31.2 Å². The molecule has 0 saturated heterocycles. The Kier molecular flexibility index (Phi) is 6.07. The molecule has 2 rings (SSSR count). The van der Waals surface area contributed by atoms with E-state index in [1.54, 1.807) is 0 Å². The molecule has 1 aliphatic rings. The van der Waals surface area contributed by atoms with Gasteiger partial charge in [0.25, 0.3) is 0 Å². The molecule has 1 unspecified atom stereocenters. The van der Waals surface area contributed by atoms with Gasteiger partial charge in [0.15, 0.2) is 0 Å². The molecule has 3 nitrogen and oxygen atoms in total. The van der Waals surface area contributed by atoms with E-state index in [0.717, 1.165) is 17.6 Å². The van der Waals surface area contributed by atoms with Gasteiger partial charge in [0.2, 0.25) is 0 Å². The number of benzene rings is 1. The molecule has 1 aromatic rings. The molecule has 21 heavy (non-hydrogen) atoms. The monoisotopic (exact) mass is 290 g/mol. The molecule has 3 heteroatoms. The summed E-state index contributed by atoms with van der Waals surface area (Å²) in [5, 5.41) is 0. The van der Waals surface area contributed by atoms with Gasteiger partial charge in [-0.2, -0.15) is 0 Å². The van der Waals surface area contributed by atoms with E-state index in [4.69, 9.17) is 10.6 Å². The predicted octanol–water partition coefficient (Wildman–Crippen LogP) is 4.05. The van der Waals surface area contributed by atoms with Gasteiger partial charge in [-0.25, -0.2) is 0 Å². The van der Waals surface area contributed by atoms with Crippen molar-refractivity contribution in [2.45, 2.75) is 52.5 Å². The summed E-state index contributed by atoms with van der Waals surface area (Å²) < 4.78 is 5.61. The predicted molar refractivity (Wildman–Crippen MR) is 88.0 cm³/mol. The normalized spacial score (nSPS) is 24.0. The van der Waals surface area contributed by atoms with Crippen LogP contribution in [0.5, 0.6) is 5.75 Å². The minimum Gasteiger partial charge on any atom is -0.494 e. The molecule has 0 heterocycles. The molecule has 0 spiro atoms. The number of hydrazine groups is 1. The third-order valence-electron chi connectivity index (χ3n) is 4.94. The Bertz CT molecular complexity index is 425. The fourth-order valence-electron chi connectivity index (χ4n) is 3.61. The fraction of sp³-hybridized carbons (Fsp3) is 0.667. The molecular formula is C18H30N2O. The van der Waals surface area contributed by atoms with E-state index in [9.17, 15) is 0 Å². The van der Waals surface area contributed by atoms with Crippen LogP contribution in [0.15, 0.2) is 24.3 Å². The largest absolute Gasteiger partial charge is 0.494 e. The van der Waals surface area contributed by atoms with Gasteiger partial charge >= 0.3 is 0 Å². The standard InChI is InChI=1S/C18H30N2O/c1-4-21-17-7-5-6-16(12-17)18(20-19)15-10-8-14(9-11-15)13(2)3/h5-7,12-15,18,20H,4,8-11,19H2,1-3H3. The summed E-state index contributed by atoms with van der Waals surface area (Å²) in [6.45, 7) is 7.40. The van der Waals surface area contributed by atoms with Crippen molar-refractivity contribution < 1.29 is 4.74 Å². The molecule has 1 fully saturated rings. The van der Waals surface area contributed by atoms with Gasteiger partial charge in [0.1, 0.15) is 5.75 Å². The van der Waals surface area contributed by atoms with E-state index in [0.29, 0.717) is 12.5 Å². The molecule has 1 aromatic carbocycles. The SMILES string of the molecule is CCOc1cccc(C(NN)C2CCC(C(C)C)CC2)c1. The molecule has 0 radical (unpaired) electrons. The van der Waals surface area contributed by atoms with Crippen LogP contribution in [0, 0.1) is 17.8 Å². The van der Waals surface area contributed by atoms with Crippen molar-refractivity contribution >= 4 is 0 Å². The van der Waals surface area contributed by atoms with E-state index >= 15 is 0 Å². The summed E-state index contributed by atoms with van der Waals surface area (Å²) >= 11 is 0. The number of ether oxygens (including phenoxy) is 1. The summed E-state index contributed by atoms with van der Waals surface area (Å²) in [6.07, 6.45) is 5.17. The summed E-state index contributed by atoms with van der Waals surface area (Å²) in [5.74, 6) is 9.11. The molecule has 3 N–H and O–H groups in total. The Morgan fingerprint density at radius 3 is 2.43 bits per heavy atom. The second kappa shape index (κ2) is 7.81. The van der Waals surface area contributed by atoms with Crippen LogP contribution < -0.4 is 16.0 Å². The lowest BCUT2D eigenvalue weighted by Gasteiger charge is -2.35. The average molecular weight is 290 g/mol. The van der Waals surface area contributed by atoms with Crippen molar-refractivity contribution in [3.63, 3.8) is 0 Å². The molecule has 0 amide bonds. The van der Waals surface area contributed by atoms with Crippen LogP contribution in [0.2, 0.25) is 0 Å². The van der Waals surface area contributed by atoms with Crippen LogP contribution in [-0.4, -0.2) is 6.61 Å². The van der Waals surface area contributed by atoms with Crippen LogP contribution in [0.25, 0.3) is 0 Å². The zero-order chi connectivity index (χ0) is 15.2. The Balaban J connectivity index is 2.04. The van der Waals surface area contributed by atoms with Crippen molar-refractivity contribution in [3.05, 3.63) is 29.8 Å². The van der Waals surface area contributed by atoms with Crippen LogP contribution in [0.4, 0.5) is 0 Å². The summed E-state index contributed by atoms with van der Waals surface area (Å²) in [4.78, 5) is 0. The Hall–Kier alpha value is -1.06. The van der Waals surface area contributed by atoms with E-state index in [2.05, 4.69) is 37.5 Å².